The fraction of sp³-hybridized carbons (Fsp3) is 0.172. The van der Waals surface area contributed by atoms with E-state index in [2.05, 4.69) is 5.92 Å². The number of terminal acetylenes is 1. The van der Waals surface area contributed by atoms with E-state index in [9.17, 15) is 9.59 Å². The Morgan fingerprint density at radius 3 is 1.67 bits per heavy atom. The highest BCUT2D eigenvalue weighted by atomic mass is 16.6. The Morgan fingerprint density at radius 1 is 0.758 bits per heavy atom. The standard InChI is InChI=1S/C29H26O4/c1-2-20-29(21-12-19-24-13-6-3-7-14-24,27(30)32-22-25-15-8-4-9-16-25)28(31)33-23-26-17-10-5-11-18-26/h1,3-19H,20-23H2/b19-12+. The Kier molecular flexibility index (Phi) is 8.62. The molecule has 0 aliphatic rings. The average molecular weight is 439 g/mol. The molecule has 0 fully saturated rings. The van der Waals surface area contributed by atoms with Crippen LogP contribution < -0.4 is 0 Å². The van der Waals surface area contributed by atoms with Crippen LogP contribution in [-0.2, 0) is 32.3 Å². The summed E-state index contributed by atoms with van der Waals surface area (Å²) in [6.07, 6.45) is 9.14. The topological polar surface area (TPSA) is 52.6 Å². The molecule has 0 saturated heterocycles. The van der Waals surface area contributed by atoms with Gasteiger partial charge in [-0.15, -0.1) is 12.3 Å². The first kappa shape index (κ1) is 23.6. The SMILES string of the molecule is C#CCC(C/C=C/c1ccccc1)(C(=O)OCc1ccccc1)C(=O)OCc1ccccc1. The fourth-order valence-corrected chi connectivity index (χ4v) is 3.32. The van der Waals surface area contributed by atoms with Gasteiger partial charge in [-0.1, -0.05) is 103 Å². The van der Waals surface area contributed by atoms with Crippen molar-refractivity contribution in [1.82, 2.24) is 0 Å². The zero-order valence-corrected chi connectivity index (χ0v) is 18.4. The first-order valence-electron chi connectivity index (χ1n) is 10.7. The molecule has 0 heterocycles. The summed E-state index contributed by atoms with van der Waals surface area (Å²) in [6.45, 7) is 0.0840. The van der Waals surface area contributed by atoms with Crippen LogP contribution in [0.25, 0.3) is 6.08 Å². The van der Waals surface area contributed by atoms with Gasteiger partial charge in [0, 0.05) is 6.42 Å². The van der Waals surface area contributed by atoms with Crippen LogP contribution in [0.4, 0.5) is 0 Å². The van der Waals surface area contributed by atoms with Crippen molar-refractivity contribution in [3.05, 3.63) is 114 Å². The van der Waals surface area contributed by atoms with Crippen LogP contribution in [0.5, 0.6) is 0 Å². The Bertz CT molecular complexity index is 1040. The number of benzene rings is 3. The minimum Gasteiger partial charge on any atom is -0.460 e. The summed E-state index contributed by atoms with van der Waals surface area (Å²) in [5.41, 5.74) is 0.946. The second-order valence-corrected chi connectivity index (χ2v) is 7.60. The van der Waals surface area contributed by atoms with Crippen molar-refractivity contribution in [3.8, 4) is 12.3 Å². The smallest absolute Gasteiger partial charge is 0.325 e. The van der Waals surface area contributed by atoms with Gasteiger partial charge in [0.05, 0.1) is 0 Å². The number of rotatable bonds is 10. The highest BCUT2D eigenvalue weighted by molar-refractivity contribution is 6.00. The van der Waals surface area contributed by atoms with Crippen molar-refractivity contribution in [2.45, 2.75) is 26.1 Å². The molecule has 0 spiro atoms. The lowest BCUT2D eigenvalue weighted by molar-refractivity contribution is -0.173. The second-order valence-electron chi connectivity index (χ2n) is 7.60. The number of hydrogen-bond acceptors (Lipinski definition) is 4. The monoisotopic (exact) mass is 438 g/mol. The zero-order valence-electron chi connectivity index (χ0n) is 18.4. The molecule has 0 N–H and O–H groups in total. The Morgan fingerprint density at radius 2 is 1.21 bits per heavy atom. The summed E-state index contributed by atoms with van der Waals surface area (Å²) in [6, 6.07) is 28.2. The maximum absolute atomic E-state index is 13.3. The fourth-order valence-electron chi connectivity index (χ4n) is 3.32. The van der Waals surface area contributed by atoms with Crippen molar-refractivity contribution in [1.29, 1.82) is 0 Å². The number of hydrogen-bond donors (Lipinski definition) is 0. The van der Waals surface area contributed by atoms with Crippen molar-refractivity contribution in [2.24, 2.45) is 5.41 Å². The molecule has 4 heteroatoms. The van der Waals surface area contributed by atoms with Crippen LogP contribution in [0.2, 0.25) is 0 Å². The normalized spacial score (nSPS) is 11.0. The van der Waals surface area contributed by atoms with Crippen LogP contribution in [0.3, 0.4) is 0 Å². The van der Waals surface area contributed by atoms with Gasteiger partial charge in [0.15, 0.2) is 5.41 Å². The van der Waals surface area contributed by atoms with E-state index in [1.807, 2.05) is 97.1 Å². The molecule has 3 aromatic carbocycles. The van der Waals surface area contributed by atoms with E-state index in [0.717, 1.165) is 16.7 Å². The predicted molar refractivity (Wildman–Crippen MR) is 128 cm³/mol. The molecular formula is C29H26O4. The molecule has 0 unspecified atom stereocenters. The van der Waals surface area contributed by atoms with Crippen LogP contribution in [0.1, 0.15) is 29.5 Å². The van der Waals surface area contributed by atoms with Gasteiger partial charge < -0.3 is 9.47 Å². The largest absolute Gasteiger partial charge is 0.460 e. The van der Waals surface area contributed by atoms with Crippen molar-refractivity contribution >= 4 is 18.0 Å². The predicted octanol–water partition coefficient (Wildman–Crippen LogP) is 5.59. The van der Waals surface area contributed by atoms with E-state index in [4.69, 9.17) is 15.9 Å². The van der Waals surface area contributed by atoms with E-state index in [1.54, 1.807) is 6.08 Å². The molecule has 0 amide bonds. The zero-order chi connectivity index (χ0) is 23.4. The number of allylic oxidation sites excluding steroid dienone is 1. The van der Waals surface area contributed by atoms with E-state index >= 15 is 0 Å². The molecule has 0 saturated carbocycles. The first-order chi connectivity index (χ1) is 16.1. The van der Waals surface area contributed by atoms with E-state index in [0.29, 0.717) is 0 Å². The van der Waals surface area contributed by atoms with Gasteiger partial charge in [0.2, 0.25) is 0 Å². The molecule has 0 radical (unpaired) electrons. The van der Waals surface area contributed by atoms with Crippen LogP contribution in [0, 0.1) is 17.8 Å². The third-order valence-electron chi connectivity index (χ3n) is 5.19. The maximum Gasteiger partial charge on any atom is 0.325 e. The third kappa shape index (κ3) is 6.69. The number of carbonyl (C=O) groups is 2. The lowest BCUT2D eigenvalue weighted by Crippen LogP contribution is -2.41. The highest BCUT2D eigenvalue weighted by Gasteiger charge is 2.47. The molecule has 0 aliphatic carbocycles. The number of esters is 2. The van der Waals surface area contributed by atoms with Gasteiger partial charge in [-0.3, -0.25) is 9.59 Å². The molecule has 0 aliphatic heterocycles. The van der Waals surface area contributed by atoms with Gasteiger partial charge in [-0.25, -0.2) is 0 Å². The quantitative estimate of drug-likeness (QED) is 0.235. The van der Waals surface area contributed by atoms with E-state index in [-0.39, 0.29) is 26.1 Å². The molecule has 166 valence electrons. The minimum absolute atomic E-state index is 0.0420. The lowest BCUT2D eigenvalue weighted by atomic mass is 9.81. The Labute approximate surface area is 194 Å². The van der Waals surface area contributed by atoms with E-state index < -0.39 is 17.4 Å². The summed E-state index contributed by atoms with van der Waals surface area (Å²) < 4.78 is 11.1. The Hall–Kier alpha value is -4.10. The molecule has 0 atom stereocenters. The molecule has 4 nitrogen and oxygen atoms in total. The van der Waals surface area contributed by atoms with Crippen molar-refractivity contribution < 1.29 is 19.1 Å². The van der Waals surface area contributed by atoms with E-state index in [1.165, 1.54) is 0 Å². The van der Waals surface area contributed by atoms with Crippen molar-refractivity contribution in [3.63, 3.8) is 0 Å². The minimum atomic E-state index is -1.64. The van der Waals surface area contributed by atoms with Crippen LogP contribution in [-0.4, -0.2) is 11.9 Å². The van der Waals surface area contributed by atoms with Gasteiger partial charge >= 0.3 is 11.9 Å². The molecule has 3 aromatic rings. The maximum atomic E-state index is 13.3. The van der Waals surface area contributed by atoms with Gasteiger partial charge in [0.1, 0.15) is 13.2 Å². The van der Waals surface area contributed by atoms with Crippen LogP contribution in [0.15, 0.2) is 97.1 Å². The van der Waals surface area contributed by atoms with Gasteiger partial charge in [-0.05, 0) is 23.1 Å². The summed E-state index contributed by atoms with van der Waals surface area (Å²) >= 11 is 0. The number of ether oxygens (including phenoxy) is 2. The van der Waals surface area contributed by atoms with Crippen LogP contribution >= 0.6 is 0 Å². The molecule has 0 bridgehead atoms. The third-order valence-corrected chi connectivity index (χ3v) is 5.19. The number of carbonyl (C=O) groups excluding carboxylic acids is 2. The first-order valence-corrected chi connectivity index (χ1v) is 10.7. The highest BCUT2D eigenvalue weighted by Crippen LogP contribution is 2.32. The Balaban J connectivity index is 1.82. The summed E-state index contributed by atoms with van der Waals surface area (Å²) in [5.74, 6) is 1.09. The summed E-state index contributed by atoms with van der Waals surface area (Å²) in [5, 5.41) is 0. The second kappa shape index (κ2) is 12.1. The summed E-state index contributed by atoms with van der Waals surface area (Å²) in [7, 11) is 0. The molecule has 0 aromatic heterocycles. The van der Waals surface area contributed by atoms with Crippen molar-refractivity contribution in [2.75, 3.05) is 0 Å². The van der Waals surface area contributed by atoms with Gasteiger partial charge in [-0.2, -0.15) is 0 Å². The molecule has 3 rings (SSSR count). The molecule has 33 heavy (non-hydrogen) atoms. The summed E-state index contributed by atoms with van der Waals surface area (Å²) in [4.78, 5) is 26.5. The lowest BCUT2D eigenvalue weighted by Gasteiger charge is -2.26. The van der Waals surface area contributed by atoms with Gasteiger partial charge in [0.25, 0.3) is 0 Å². The molecular weight excluding hydrogens is 412 g/mol. The average Bonchev–Trinajstić information content (AvgIpc) is 2.87.